The Morgan fingerprint density at radius 2 is 1.70 bits per heavy atom. The Morgan fingerprint density at radius 1 is 1.00 bits per heavy atom. The van der Waals surface area contributed by atoms with Crippen LogP contribution < -0.4 is 5.32 Å². The molecule has 4 fully saturated rings. The number of ketones is 1. The summed E-state index contributed by atoms with van der Waals surface area (Å²) in [6.07, 6.45) is 9.49. The summed E-state index contributed by atoms with van der Waals surface area (Å²) in [6, 6.07) is 5.83. The van der Waals surface area contributed by atoms with Gasteiger partial charge in [-0.3, -0.25) is 9.59 Å². The minimum atomic E-state index is -0.323. The van der Waals surface area contributed by atoms with E-state index in [1.807, 2.05) is 0 Å². The molecule has 1 amide bonds. The van der Waals surface area contributed by atoms with Crippen LogP contribution in [0.2, 0.25) is 0 Å². The zero-order valence-corrected chi connectivity index (χ0v) is 18.5. The maximum atomic E-state index is 13.3. The van der Waals surface area contributed by atoms with Gasteiger partial charge in [0.15, 0.2) is 0 Å². The van der Waals surface area contributed by atoms with Gasteiger partial charge in [-0.25, -0.2) is 4.39 Å². The third kappa shape index (κ3) is 2.74. The van der Waals surface area contributed by atoms with Crippen LogP contribution >= 0.6 is 0 Å². The minimum absolute atomic E-state index is 0.0888. The molecule has 6 atom stereocenters. The fraction of sp³-hybridized carbons (Fsp3) is 0.692. The van der Waals surface area contributed by atoms with Gasteiger partial charge in [0.25, 0.3) is 5.91 Å². The van der Waals surface area contributed by atoms with E-state index in [1.54, 1.807) is 12.1 Å². The van der Waals surface area contributed by atoms with Gasteiger partial charge in [0.1, 0.15) is 11.6 Å². The predicted octanol–water partition coefficient (Wildman–Crippen LogP) is 5.68. The van der Waals surface area contributed by atoms with Crippen LogP contribution in [0.1, 0.15) is 88.9 Å². The van der Waals surface area contributed by atoms with Crippen LogP contribution in [0.3, 0.4) is 0 Å². The van der Waals surface area contributed by atoms with Crippen LogP contribution in [0.15, 0.2) is 24.3 Å². The number of benzene rings is 1. The molecule has 4 saturated carbocycles. The van der Waals surface area contributed by atoms with E-state index in [9.17, 15) is 14.0 Å². The Hall–Kier alpha value is -1.71. The molecule has 0 radical (unpaired) electrons. The lowest BCUT2D eigenvalue weighted by molar-refractivity contribution is -0.137. The van der Waals surface area contributed by atoms with Crippen LogP contribution in [0.25, 0.3) is 0 Å². The Morgan fingerprint density at radius 3 is 2.43 bits per heavy atom. The fourth-order valence-electron chi connectivity index (χ4n) is 8.59. The van der Waals surface area contributed by atoms with E-state index in [0.29, 0.717) is 23.2 Å². The summed E-state index contributed by atoms with van der Waals surface area (Å²) < 4.78 is 13.3. The summed E-state index contributed by atoms with van der Waals surface area (Å²) in [5.41, 5.74) is 0.520. The van der Waals surface area contributed by atoms with E-state index < -0.39 is 0 Å². The maximum Gasteiger partial charge on any atom is 0.251 e. The quantitative estimate of drug-likeness (QED) is 0.680. The highest BCUT2D eigenvalue weighted by atomic mass is 19.1. The summed E-state index contributed by atoms with van der Waals surface area (Å²) in [6.45, 7) is 6.88. The second-order valence-electron chi connectivity index (χ2n) is 11.6. The summed E-state index contributed by atoms with van der Waals surface area (Å²) in [5, 5.41) is 3.38. The first kappa shape index (κ1) is 20.2. The topological polar surface area (TPSA) is 46.2 Å². The SMILES string of the molecule is C[C@@]12CC[C@@H]3[C@@](CC[C@H]4[C@@]3(C)CCC[C@@]4(C)NC(=O)c3ccc(F)cc3)(CC1=O)C2. The standard InChI is InChI=1S/C26H34FNO2/c1-23-13-9-20-24(2)11-4-12-25(3,28-22(30)17-5-7-18(27)8-6-17)19(24)10-14-26(20,16-23)15-21(23)29/h5-8,19-20H,4,9-16H2,1-3H3,(H,28,30)/t19-,20-,23-,24+,25+,26-/m0/s1. The van der Waals surface area contributed by atoms with Gasteiger partial charge in [-0.2, -0.15) is 0 Å². The Bertz CT molecular complexity index is 897. The lowest BCUT2D eigenvalue weighted by atomic mass is 9.41. The monoisotopic (exact) mass is 411 g/mol. The number of amides is 1. The smallest absolute Gasteiger partial charge is 0.251 e. The van der Waals surface area contributed by atoms with Crippen molar-refractivity contribution >= 4 is 11.7 Å². The van der Waals surface area contributed by atoms with Crippen LogP contribution in [0, 0.1) is 33.9 Å². The molecule has 5 rings (SSSR count). The molecule has 30 heavy (non-hydrogen) atoms. The van der Waals surface area contributed by atoms with E-state index >= 15 is 0 Å². The van der Waals surface area contributed by atoms with Gasteiger partial charge in [0.2, 0.25) is 0 Å². The molecule has 1 aromatic rings. The number of fused-ring (bicyclic) bond motifs is 3. The molecule has 1 spiro atoms. The molecular formula is C26H34FNO2. The molecule has 0 aliphatic heterocycles. The summed E-state index contributed by atoms with van der Waals surface area (Å²) in [7, 11) is 0. The van der Waals surface area contributed by atoms with E-state index in [0.717, 1.165) is 51.4 Å². The largest absolute Gasteiger partial charge is 0.347 e. The number of nitrogens with one attached hydrogen (secondary N) is 1. The average Bonchev–Trinajstić information content (AvgIpc) is 2.85. The molecule has 1 aromatic carbocycles. The minimum Gasteiger partial charge on any atom is -0.347 e. The molecule has 0 heterocycles. The molecular weight excluding hydrogens is 377 g/mol. The first-order valence-corrected chi connectivity index (χ1v) is 11.7. The highest BCUT2D eigenvalue weighted by Crippen LogP contribution is 2.71. The van der Waals surface area contributed by atoms with Crippen LogP contribution in [0.5, 0.6) is 0 Å². The third-order valence-corrected chi connectivity index (χ3v) is 9.86. The molecule has 4 aliphatic carbocycles. The van der Waals surface area contributed by atoms with Gasteiger partial charge in [0.05, 0.1) is 0 Å². The second kappa shape index (κ2) is 6.40. The van der Waals surface area contributed by atoms with Crippen molar-refractivity contribution in [2.75, 3.05) is 0 Å². The zero-order chi connectivity index (χ0) is 21.4. The zero-order valence-electron chi connectivity index (χ0n) is 18.5. The maximum absolute atomic E-state index is 13.3. The Balaban J connectivity index is 1.43. The molecule has 0 saturated heterocycles. The van der Waals surface area contributed by atoms with Crippen LogP contribution in [0.4, 0.5) is 4.39 Å². The Kier molecular flexibility index (Phi) is 4.31. The number of carbonyl (C=O) groups is 2. The van der Waals surface area contributed by atoms with Crippen molar-refractivity contribution in [2.45, 2.75) is 84.1 Å². The van der Waals surface area contributed by atoms with Crippen molar-refractivity contribution in [3.05, 3.63) is 35.6 Å². The first-order chi connectivity index (χ1) is 14.1. The molecule has 2 bridgehead atoms. The van der Waals surface area contributed by atoms with Crippen molar-refractivity contribution in [3.63, 3.8) is 0 Å². The van der Waals surface area contributed by atoms with Crippen LogP contribution in [-0.2, 0) is 4.79 Å². The van der Waals surface area contributed by atoms with Gasteiger partial charge < -0.3 is 5.32 Å². The second-order valence-corrected chi connectivity index (χ2v) is 11.6. The highest BCUT2D eigenvalue weighted by molar-refractivity contribution is 5.94. The Labute approximate surface area is 179 Å². The molecule has 1 N–H and O–H groups in total. The van der Waals surface area contributed by atoms with Crippen molar-refractivity contribution < 1.29 is 14.0 Å². The molecule has 162 valence electrons. The highest BCUT2D eigenvalue weighted by Gasteiger charge is 2.67. The van der Waals surface area contributed by atoms with Crippen molar-refractivity contribution in [1.82, 2.24) is 5.32 Å². The molecule has 3 nitrogen and oxygen atoms in total. The van der Waals surface area contributed by atoms with E-state index in [-0.39, 0.29) is 33.5 Å². The van der Waals surface area contributed by atoms with Crippen molar-refractivity contribution in [2.24, 2.45) is 28.1 Å². The summed E-state index contributed by atoms with van der Waals surface area (Å²) in [5.74, 6) is 1.06. The van der Waals surface area contributed by atoms with Crippen LogP contribution in [-0.4, -0.2) is 17.2 Å². The summed E-state index contributed by atoms with van der Waals surface area (Å²) in [4.78, 5) is 25.9. The van der Waals surface area contributed by atoms with E-state index in [4.69, 9.17) is 0 Å². The average molecular weight is 412 g/mol. The normalized spacial score (nSPS) is 44.9. The van der Waals surface area contributed by atoms with Crippen molar-refractivity contribution in [3.8, 4) is 0 Å². The molecule has 4 aliphatic rings. The van der Waals surface area contributed by atoms with Crippen molar-refractivity contribution in [1.29, 1.82) is 0 Å². The third-order valence-electron chi connectivity index (χ3n) is 9.86. The number of hydrogen-bond acceptors (Lipinski definition) is 2. The van der Waals surface area contributed by atoms with Gasteiger partial charge in [-0.15, -0.1) is 0 Å². The fourth-order valence-corrected chi connectivity index (χ4v) is 8.59. The lowest BCUT2D eigenvalue weighted by Crippen LogP contribution is -2.64. The number of hydrogen-bond donors (Lipinski definition) is 1. The lowest BCUT2D eigenvalue weighted by Gasteiger charge is -2.64. The number of rotatable bonds is 2. The number of carbonyl (C=O) groups excluding carboxylic acids is 2. The number of Topliss-reactive ketones (excluding diaryl/α,β-unsaturated/α-hetero) is 1. The predicted molar refractivity (Wildman–Crippen MR) is 114 cm³/mol. The first-order valence-electron chi connectivity index (χ1n) is 11.7. The van der Waals surface area contributed by atoms with Gasteiger partial charge >= 0.3 is 0 Å². The summed E-state index contributed by atoms with van der Waals surface area (Å²) >= 11 is 0. The van der Waals surface area contributed by atoms with Gasteiger partial charge in [-0.1, -0.05) is 20.3 Å². The molecule has 0 aromatic heterocycles. The van der Waals surface area contributed by atoms with E-state index in [1.165, 1.54) is 18.6 Å². The van der Waals surface area contributed by atoms with E-state index in [2.05, 4.69) is 26.1 Å². The molecule has 4 heteroatoms. The van der Waals surface area contributed by atoms with Gasteiger partial charge in [-0.05, 0) is 98.8 Å². The molecule has 0 unspecified atom stereocenters. The number of halogens is 1. The van der Waals surface area contributed by atoms with Gasteiger partial charge in [0, 0.05) is 22.9 Å².